The summed E-state index contributed by atoms with van der Waals surface area (Å²) in [5.74, 6) is 0.872. The first-order chi connectivity index (χ1) is 28.3. The molecule has 266 valence electrons. The zero-order valence-corrected chi connectivity index (χ0v) is 30.9. The molecule has 4 heteroatoms. The van der Waals surface area contributed by atoms with Gasteiger partial charge in [-0.1, -0.05) is 152 Å². The van der Waals surface area contributed by atoms with Crippen molar-refractivity contribution in [3.63, 3.8) is 0 Å². The summed E-state index contributed by atoms with van der Waals surface area (Å²) >= 11 is 0. The Balaban J connectivity index is 1.09. The molecule has 0 aliphatic heterocycles. The highest BCUT2D eigenvalue weighted by Gasteiger charge is 2.43. The van der Waals surface area contributed by atoms with Gasteiger partial charge in [0.25, 0.3) is 0 Å². The lowest BCUT2D eigenvalue weighted by Crippen LogP contribution is -2.31. The normalized spacial score (nSPS) is 13.1. The molecular formula is C53H34N4. The summed E-state index contributed by atoms with van der Waals surface area (Å²) in [7, 11) is 0. The second kappa shape index (κ2) is 12.2. The molecule has 1 aliphatic carbocycles. The fourth-order valence-corrected chi connectivity index (χ4v) is 9.78. The van der Waals surface area contributed by atoms with E-state index in [1.807, 2.05) is 12.3 Å². The average Bonchev–Trinajstić information content (AvgIpc) is 3.77. The number of benzene rings is 7. The number of fused-ring (bicyclic) bond motifs is 11. The van der Waals surface area contributed by atoms with Crippen molar-refractivity contribution in [2.75, 3.05) is 0 Å². The molecule has 0 saturated carbocycles. The zero-order chi connectivity index (χ0) is 37.5. The van der Waals surface area contributed by atoms with E-state index in [1.54, 1.807) is 0 Å². The molecule has 7 aromatic carbocycles. The maximum atomic E-state index is 5.43. The Morgan fingerprint density at radius 2 is 0.860 bits per heavy atom. The molecule has 0 radical (unpaired) electrons. The molecule has 1 aliphatic rings. The highest BCUT2D eigenvalue weighted by molar-refractivity contribution is 6.09. The summed E-state index contributed by atoms with van der Waals surface area (Å²) in [5, 5.41) is 2.23. The van der Waals surface area contributed by atoms with E-state index in [1.165, 1.54) is 44.5 Å². The molecule has 0 spiro atoms. The van der Waals surface area contributed by atoms with Gasteiger partial charge in [-0.05, 0) is 93.0 Å². The predicted molar refractivity (Wildman–Crippen MR) is 233 cm³/mol. The van der Waals surface area contributed by atoms with Gasteiger partial charge in [-0.15, -0.1) is 0 Å². The minimum atomic E-state index is -0.583. The van der Waals surface area contributed by atoms with Crippen LogP contribution in [0.4, 0.5) is 0 Å². The highest BCUT2D eigenvalue weighted by atomic mass is 15.1. The smallest absolute Gasteiger partial charge is 0.138 e. The number of hydrogen-bond acceptors (Lipinski definition) is 2. The van der Waals surface area contributed by atoms with Crippen molar-refractivity contribution < 1.29 is 0 Å². The molecule has 4 aromatic heterocycles. The molecule has 0 fully saturated rings. The summed E-state index contributed by atoms with van der Waals surface area (Å²) in [4.78, 5) is 10.2. The Morgan fingerprint density at radius 3 is 1.54 bits per heavy atom. The number of hydrogen-bond donors (Lipinski definition) is 0. The van der Waals surface area contributed by atoms with Crippen molar-refractivity contribution in [3.8, 4) is 33.8 Å². The zero-order valence-electron chi connectivity index (χ0n) is 30.9. The van der Waals surface area contributed by atoms with Crippen molar-refractivity contribution in [2.45, 2.75) is 5.41 Å². The molecule has 57 heavy (non-hydrogen) atoms. The van der Waals surface area contributed by atoms with Crippen LogP contribution in [0.2, 0.25) is 0 Å². The largest absolute Gasteiger partial charge is 0.308 e. The van der Waals surface area contributed by atoms with Crippen LogP contribution in [-0.4, -0.2) is 19.1 Å². The third-order valence-corrected chi connectivity index (χ3v) is 12.1. The first kappa shape index (κ1) is 31.8. The Kier molecular flexibility index (Phi) is 6.81. The lowest BCUT2D eigenvalue weighted by Gasteiger charge is -2.38. The average molecular weight is 727 g/mol. The molecule has 0 saturated heterocycles. The van der Waals surface area contributed by atoms with Gasteiger partial charge in [0.1, 0.15) is 5.82 Å². The standard InChI is InChI=1S/C53H34N4/c1-2-15-35(16-3-1)53(44-23-10-6-19-40(44)38-17-4-5-18-39(38)41-20-7-11-24-45(41)53)36-28-30-37(31-29-36)56-46-25-12-9-22-43(46)52-49(56)32-33-50(55-52)57-47-26-13-8-21-42(47)51-48(57)27-14-34-54-51/h1-34H. The lowest BCUT2D eigenvalue weighted by molar-refractivity contribution is 0.751. The number of rotatable bonds is 4. The first-order valence-electron chi connectivity index (χ1n) is 19.5. The predicted octanol–water partition coefficient (Wildman–Crippen LogP) is 12.7. The van der Waals surface area contributed by atoms with Crippen LogP contribution in [0.25, 0.3) is 77.6 Å². The fraction of sp³-hybridized carbons (Fsp3) is 0.0189. The number of nitrogens with zero attached hydrogens (tertiary/aromatic N) is 4. The van der Waals surface area contributed by atoms with E-state index in [2.05, 4.69) is 203 Å². The maximum absolute atomic E-state index is 5.43. The molecule has 11 aromatic rings. The molecule has 0 amide bonds. The van der Waals surface area contributed by atoms with Crippen LogP contribution in [0.3, 0.4) is 0 Å². The Labute approximate surface area is 329 Å². The Hall–Kier alpha value is -7.56. The maximum Gasteiger partial charge on any atom is 0.138 e. The molecule has 0 N–H and O–H groups in total. The van der Waals surface area contributed by atoms with Crippen molar-refractivity contribution >= 4 is 43.9 Å². The quantitative estimate of drug-likeness (QED) is 0.181. The summed E-state index contributed by atoms with van der Waals surface area (Å²) in [6, 6.07) is 72.7. The minimum absolute atomic E-state index is 0.583. The lowest BCUT2D eigenvalue weighted by atomic mass is 9.63. The number of aromatic nitrogens is 4. The van der Waals surface area contributed by atoms with Crippen molar-refractivity contribution in [1.82, 2.24) is 19.1 Å². The summed E-state index contributed by atoms with van der Waals surface area (Å²) in [6.45, 7) is 0. The van der Waals surface area contributed by atoms with Crippen molar-refractivity contribution in [2.24, 2.45) is 0 Å². The van der Waals surface area contributed by atoms with Crippen molar-refractivity contribution in [3.05, 3.63) is 229 Å². The van der Waals surface area contributed by atoms with E-state index in [0.717, 1.165) is 55.4 Å². The molecular weight excluding hydrogens is 693 g/mol. The third kappa shape index (κ3) is 4.44. The van der Waals surface area contributed by atoms with Gasteiger partial charge in [0.05, 0.1) is 38.5 Å². The highest BCUT2D eigenvalue weighted by Crippen LogP contribution is 2.55. The SMILES string of the molecule is c1ccc(C2(c3ccc(-n4c5ccccc5c5nc(-n6c7ccccc7c7ncccc76)ccc54)cc3)c3ccccc3-c3ccccc3-c3ccccc32)cc1. The first-order valence-corrected chi connectivity index (χ1v) is 19.5. The summed E-state index contributed by atoms with van der Waals surface area (Å²) < 4.78 is 4.60. The number of pyridine rings is 2. The molecule has 4 heterocycles. The minimum Gasteiger partial charge on any atom is -0.308 e. The molecule has 12 rings (SSSR count). The van der Waals surface area contributed by atoms with E-state index in [-0.39, 0.29) is 0 Å². The Bertz CT molecular complexity index is 3230. The van der Waals surface area contributed by atoms with Crippen LogP contribution in [0.15, 0.2) is 206 Å². The van der Waals surface area contributed by atoms with E-state index >= 15 is 0 Å². The van der Waals surface area contributed by atoms with Crippen LogP contribution < -0.4 is 0 Å². The van der Waals surface area contributed by atoms with Gasteiger partial charge in [0, 0.05) is 22.7 Å². The number of para-hydroxylation sites is 2. The van der Waals surface area contributed by atoms with E-state index < -0.39 is 5.41 Å². The summed E-state index contributed by atoms with van der Waals surface area (Å²) in [5.41, 5.74) is 16.8. The molecule has 0 bridgehead atoms. The van der Waals surface area contributed by atoms with E-state index in [0.29, 0.717) is 0 Å². The second-order valence-corrected chi connectivity index (χ2v) is 14.9. The van der Waals surface area contributed by atoms with Crippen LogP contribution >= 0.6 is 0 Å². The van der Waals surface area contributed by atoms with Crippen molar-refractivity contribution in [1.29, 1.82) is 0 Å². The van der Waals surface area contributed by atoms with Gasteiger partial charge in [0.2, 0.25) is 0 Å². The Morgan fingerprint density at radius 1 is 0.351 bits per heavy atom. The topological polar surface area (TPSA) is 35.6 Å². The monoisotopic (exact) mass is 726 g/mol. The molecule has 4 nitrogen and oxygen atoms in total. The van der Waals surface area contributed by atoms with Crippen LogP contribution in [0, 0.1) is 0 Å². The van der Waals surface area contributed by atoms with Crippen LogP contribution in [0.5, 0.6) is 0 Å². The van der Waals surface area contributed by atoms with Gasteiger partial charge < -0.3 is 4.57 Å². The summed E-state index contributed by atoms with van der Waals surface area (Å²) in [6.07, 6.45) is 1.86. The van der Waals surface area contributed by atoms with Gasteiger partial charge in [-0.3, -0.25) is 9.55 Å². The van der Waals surface area contributed by atoms with Gasteiger partial charge >= 0.3 is 0 Å². The van der Waals surface area contributed by atoms with Crippen LogP contribution in [-0.2, 0) is 5.41 Å². The van der Waals surface area contributed by atoms with Gasteiger partial charge in [-0.2, -0.15) is 0 Å². The van der Waals surface area contributed by atoms with E-state index in [9.17, 15) is 0 Å². The second-order valence-electron chi connectivity index (χ2n) is 14.9. The van der Waals surface area contributed by atoms with Gasteiger partial charge in [-0.25, -0.2) is 4.98 Å². The molecule has 0 unspecified atom stereocenters. The van der Waals surface area contributed by atoms with Crippen LogP contribution in [0.1, 0.15) is 22.3 Å². The van der Waals surface area contributed by atoms with E-state index in [4.69, 9.17) is 9.97 Å². The van der Waals surface area contributed by atoms with Gasteiger partial charge in [0.15, 0.2) is 0 Å². The third-order valence-electron chi connectivity index (χ3n) is 12.1. The fourth-order valence-electron chi connectivity index (χ4n) is 9.78. The molecule has 0 atom stereocenters.